The van der Waals surface area contributed by atoms with E-state index in [1.807, 2.05) is 42.5 Å². The van der Waals surface area contributed by atoms with Crippen molar-refractivity contribution in [1.29, 1.82) is 0 Å². The highest BCUT2D eigenvalue weighted by molar-refractivity contribution is 8.18. The second-order valence-electron chi connectivity index (χ2n) is 6.86. The fraction of sp³-hybridized carbons (Fsp3) is 0.190. The molecule has 2 amide bonds. The smallest absolute Gasteiger partial charge is 0.290 e. The lowest BCUT2D eigenvalue weighted by Crippen LogP contribution is -2.24. The molecule has 1 atom stereocenters. The third-order valence-corrected chi connectivity index (χ3v) is 6.73. The van der Waals surface area contributed by atoms with Crippen LogP contribution in [0.4, 0.5) is 9.93 Å². The number of rotatable bonds is 4. The Labute approximate surface area is 175 Å². The number of thiazole rings is 1. The molecule has 2 aromatic carbocycles. The van der Waals surface area contributed by atoms with E-state index in [0.717, 1.165) is 53.2 Å². The summed E-state index contributed by atoms with van der Waals surface area (Å²) in [5, 5.41) is 2.97. The Kier molecular flexibility index (Phi) is 4.73. The molecular weight excluding hydrogens is 406 g/mol. The number of carbonyl (C=O) groups excluding carboxylic acids is 2. The van der Waals surface area contributed by atoms with E-state index in [1.165, 1.54) is 4.70 Å². The van der Waals surface area contributed by atoms with Crippen LogP contribution in [0, 0.1) is 0 Å². The van der Waals surface area contributed by atoms with Crippen LogP contribution in [0.1, 0.15) is 12.0 Å². The van der Waals surface area contributed by atoms with Gasteiger partial charge < -0.3 is 9.64 Å². The van der Waals surface area contributed by atoms with Crippen molar-refractivity contribution in [1.82, 2.24) is 10.3 Å². The summed E-state index contributed by atoms with van der Waals surface area (Å²) in [6, 6.07) is 15.8. The summed E-state index contributed by atoms with van der Waals surface area (Å²) >= 11 is 2.63. The lowest BCUT2D eigenvalue weighted by molar-refractivity contribution is -0.115. The average molecular weight is 424 g/mol. The van der Waals surface area contributed by atoms with Gasteiger partial charge in [-0.1, -0.05) is 35.6 Å². The molecule has 0 aliphatic carbocycles. The lowest BCUT2D eigenvalue weighted by Gasteiger charge is -2.16. The number of anilines is 1. The Hall–Kier alpha value is -2.84. The van der Waals surface area contributed by atoms with Crippen molar-refractivity contribution in [3.8, 4) is 5.75 Å². The van der Waals surface area contributed by atoms with E-state index < -0.39 is 0 Å². The summed E-state index contributed by atoms with van der Waals surface area (Å²) in [4.78, 5) is 30.3. The molecule has 5 rings (SSSR count). The molecule has 2 fully saturated rings. The molecule has 3 heterocycles. The Bertz CT molecular complexity index is 1090. The minimum Gasteiger partial charge on any atom is -0.489 e. The molecule has 0 saturated carbocycles. The summed E-state index contributed by atoms with van der Waals surface area (Å²) in [6.07, 6.45) is 2.76. The first kappa shape index (κ1) is 18.2. The van der Waals surface area contributed by atoms with Gasteiger partial charge in [0.15, 0.2) is 5.13 Å². The number of nitrogens with one attached hydrogen (secondary N) is 1. The van der Waals surface area contributed by atoms with Crippen LogP contribution in [0.15, 0.2) is 53.4 Å². The number of hydrogen-bond donors (Lipinski definition) is 1. The van der Waals surface area contributed by atoms with E-state index in [2.05, 4.69) is 16.3 Å². The highest BCUT2D eigenvalue weighted by Gasteiger charge is 2.27. The minimum atomic E-state index is -0.346. The number of nitrogens with zero attached hydrogens (tertiary/aromatic N) is 2. The quantitative estimate of drug-likeness (QED) is 0.632. The predicted molar refractivity (Wildman–Crippen MR) is 116 cm³/mol. The van der Waals surface area contributed by atoms with Gasteiger partial charge in [0.05, 0.1) is 21.7 Å². The Morgan fingerprint density at radius 3 is 2.72 bits per heavy atom. The van der Waals surface area contributed by atoms with Crippen LogP contribution in [-0.2, 0) is 4.79 Å². The van der Waals surface area contributed by atoms with Gasteiger partial charge in [0.2, 0.25) is 0 Å². The third kappa shape index (κ3) is 3.86. The van der Waals surface area contributed by atoms with Crippen molar-refractivity contribution in [3.63, 3.8) is 0 Å². The second kappa shape index (κ2) is 7.53. The Morgan fingerprint density at radius 2 is 1.97 bits per heavy atom. The molecule has 1 unspecified atom stereocenters. The van der Waals surface area contributed by atoms with E-state index >= 15 is 0 Å². The largest absolute Gasteiger partial charge is 0.489 e. The van der Waals surface area contributed by atoms with Crippen LogP contribution in [0.3, 0.4) is 0 Å². The van der Waals surface area contributed by atoms with Gasteiger partial charge in [0.1, 0.15) is 11.9 Å². The number of carbonyl (C=O) groups is 2. The number of thioether (sulfide) groups is 1. The molecule has 29 heavy (non-hydrogen) atoms. The molecular formula is C21H17N3O3S2. The molecule has 1 aromatic heterocycles. The number of fused-ring (bicyclic) bond motifs is 1. The number of benzene rings is 2. The molecule has 6 nitrogen and oxygen atoms in total. The van der Waals surface area contributed by atoms with Gasteiger partial charge in [-0.25, -0.2) is 4.98 Å². The summed E-state index contributed by atoms with van der Waals surface area (Å²) in [7, 11) is 0. The zero-order valence-electron chi connectivity index (χ0n) is 15.3. The van der Waals surface area contributed by atoms with E-state index in [4.69, 9.17) is 9.72 Å². The summed E-state index contributed by atoms with van der Waals surface area (Å²) < 4.78 is 7.34. The maximum atomic E-state index is 11.6. The van der Waals surface area contributed by atoms with Gasteiger partial charge in [0.25, 0.3) is 11.1 Å². The van der Waals surface area contributed by atoms with Crippen molar-refractivity contribution >= 4 is 55.7 Å². The third-order valence-electron chi connectivity index (χ3n) is 4.82. The number of amides is 2. The number of hydrogen-bond acceptors (Lipinski definition) is 7. The molecule has 0 radical (unpaired) electrons. The van der Waals surface area contributed by atoms with E-state index in [9.17, 15) is 9.59 Å². The topological polar surface area (TPSA) is 71.5 Å². The monoisotopic (exact) mass is 423 g/mol. The van der Waals surface area contributed by atoms with Crippen LogP contribution in [0.2, 0.25) is 0 Å². The molecule has 2 aliphatic heterocycles. The lowest BCUT2D eigenvalue weighted by atomic mass is 10.2. The van der Waals surface area contributed by atoms with Crippen molar-refractivity contribution in [2.75, 3.05) is 18.0 Å². The van der Waals surface area contributed by atoms with Gasteiger partial charge in [-0.2, -0.15) is 0 Å². The molecule has 8 heteroatoms. The van der Waals surface area contributed by atoms with E-state index in [0.29, 0.717) is 4.91 Å². The standard InChI is InChI=1S/C21H17N3O3S2/c25-19-18(29-21(26)23-19)11-13-5-7-14(8-6-13)27-15-9-10-24(12-15)20-22-16-3-1-2-4-17(16)28-20/h1-8,11,15H,9-10,12H2,(H,23,25,26). The molecule has 2 saturated heterocycles. The fourth-order valence-electron chi connectivity index (χ4n) is 3.40. The normalized spacial score (nSPS) is 20.6. The molecule has 0 bridgehead atoms. The Balaban J connectivity index is 1.22. The van der Waals surface area contributed by atoms with Gasteiger partial charge in [-0.05, 0) is 47.7 Å². The SMILES string of the molecule is O=C1NC(=O)C(=Cc2ccc(OC3CCN(c4nc5ccccc5s4)C3)cc2)S1. The molecule has 3 aromatic rings. The maximum absolute atomic E-state index is 11.6. The van der Waals surface area contributed by atoms with E-state index in [-0.39, 0.29) is 17.3 Å². The second-order valence-corrected chi connectivity index (χ2v) is 8.88. The van der Waals surface area contributed by atoms with Crippen molar-refractivity contribution < 1.29 is 14.3 Å². The molecule has 146 valence electrons. The zero-order valence-corrected chi connectivity index (χ0v) is 17.0. The van der Waals surface area contributed by atoms with Crippen LogP contribution in [0.25, 0.3) is 16.3 Å². The molecule has 0 spiro atoms. The number of para-hydroxylation sites is 1. The van der Waals surface area contributed by atoms with Crippen molar-refractivity contribution in [2.24, 2.45) is 0 Å². The first-order valence-electron chi connectivity index (χ1n) is 9.26. The predicted octanol–water partition coefficient (Wildman–Crippen LogP) is 4.28. The molecule has 2 aliphatic rings. The van der Waals surface area contributed by atoms with Crippen molar-refractivity contribution in [3.05, 3.63) is 59.0 Å². The van der Waals surface area contributed by atoms with E-state index in [1.54, 1.807) is 17.4 Å². The highest BCUT2D eigenvalue weighted by atomic mass is 32.2. The van der Waals surface area contributed by atoms with Crippen LogP contribution in [-0.4, -0.2) is 35.3 Å². The van der Waals surface area contributed by atoms with Crippen LogP contribution in [0.5, 0.6) is 5.75 Å². The summed E-state index contributed by atoms with van der Waals surface area (Å²) in [5.41, 5.74) is 1.89. The maximum Gasteiger partial charge on any atom is 0.290 e. The highest BCUT2D eigenvalue weighted by Crippen LogP contribution is 2.32. The number of imide groups is 1. The fourth-order valence-corrected chi connectivity index (χ4v) is 5.08. The average Bonchev–Trinajstić information content (AvgIpc) is 3.42. The summed E-state index contributed by atoms with van der Waals surface area (Å²) in [5.74, 6) is 0.448. The van der Waals surface area contributed by atoms with Crippen LogP contribution >= 0.6 is 23.1 Å². The van der Waals surface area contributed by atoms with Gasteiger partial charge >= 0.3 is 0 Å². The number of aromatic nitrogens is 1. The molecule has 1 N–H and O–H groups in total. The first-order valence-corrected chi connectivity index (χ1v) is 10.9. The van der Waals surface area contributed by atoms with Crippen molar-refractivity contribution in [2.45, 2.75) is 12.5 Å². The zero-order chi connectivity index (χ0) is 19.8. The number of ether oxygens (including phenoxy) is 1. The summed E-state index contributed by atoms with van der Waals surface area (Å²) in [6.45, 7) is 1.74. The first-order chi connectivity index (χ1) is 14.1. The van der Waals surface area contributed by atoms with Gasteiger partial charge in [-0.15, -0.1) is 0 Å². The van der Waals surface area contributed by atoms with Gasteiger partial charge in [-0.3, -0.25) is 14.9 Å². The van der Waals surface area contributed by atoms with Gasteiger partial charge in [0, 0.05) is 13.0 Å². The Morgan fingerprint density at radius 1 is 1.14 bits per heavy atom. The van der Waals surface area contributed by atoms with Crippen LogP contribution < -0.4 is 15.0 Å². The minimum absolute atomic E-state index is 0.111.